The van der Waals surface area contributed by atoms with E-state index in [2.05, 4.69) is 5.32 Å². The molecular weight excluding hydrogens is 485 g/mol. The van der Waals surface area contributed by atoms with E-state index in [4.69, 9.17) is 11.6 Å². The molecule has 0 radical (unpaired) electrons. The number of benzene rings is 2. The summed E-state index contributed by atoms with van der Waals surface area (Å²) in [5, 5.41) is 0.701. The predicted octanol–water partition coefficient (Wildman–Crippen LogP) is 2.48. The number of sulfone groups is 1. The molecule has 34 heavy (non-hydrogen) atoms. The van der Waals surface area contributed by atoms with Gasteiger partial charge >= 0.3 is 0 Å². The van der Waals surface area contributed by atoms with Gasteiger partial charge in [-0.2, -0.15) is 0 Å². The van der Waals surface area contributed by atoms with Gasteiger partial charge in [0.1, 0.15) is 5.82 Å². The fourth-order valence-corrected chi connectivity index (χ4v) is 5.14. The van der Waals surface area contributed by atoms with Gasteiger partial charge in [0.15, 0.2) is 0 Å². The van der Waals surface area contributed by atoms with Crippen LogP contribution in [0.1, 0.15) is 30.1 Å². The molecule has 1 heterocycles. The molecule has 1 N–H and O–H groups in total. The van der Waals surface area contributed by atoms with E-state index < -0.39 is 32.8 Å². The molecule has 2 aromatic rings. The van der Waals surface area contributed by atoms with Gasteiger partial charge in [-0.15, -0.1) is 0 Å². The Hall–Kier alpha value is -2.98. The van der Waals surface area contributed by atoms with Crippen molar-refractivity contribution in [1.29, 1.82) is 0 Å². The minimum Gasteiger partial charge on any atom is -0.339 e. The van der Waals surface area contributed by atoms with E-state index in [9.17, 15) is 27.2 Å². The first-order valence-corrected chi connectivity index (χ1v) is 12.7. The molecule has 1 atom stereocenters. The van der Waals surface area contributed by atoms with E-state index in [-0.39, 0.29) is 42.5 Å². The molecule has 1 aliphatic rings. The molecule has 2 aromatic carbocycles. The first-order valence-electron chi connectivity index (χ1n) is 10.8. The maximum Gasteiger partial charge on any atom is 0.261 e. The molecule has 1 saturated heterocycles. The van der Waals surface area contributed by atoms with Gasteiger partial charge in [-0.3, -0.25) is 14.4 Å². The summed E-state index contributed by atoms with van der Waals surface area (Å²) in [5.74, 6) is -2.24. The number of carbonyl (C=O) groups excluding carboxylic acids is 3. The molecular formula is C23H25ClFN3O5S. The monoisotopic (exact) mass is 509 g/mol. The van der Waals surface area contributed by atoms with Gasteiger partial charge in [0, 0.05) is 43.2 Å². The zero-order valence-corrected chi connectivity index (χ0v) is 20.1. The lowest BCUT2D eigenvalue weighted by atomic mass is 10.2. The molecule has 0 aliphatic carbocycles. The molecule has 1 fully saturated rings. The molecule has 8 nitrogen and oxygen atoms in total. The van der Waals surface area contributed by atoms with Crippen LogP contribution < -0.4 is 5.32 Å². The molecule has 182 valence electrons. The third-order valence-corrected chi connectivity index (χ3v) is 7.57. The smallest absolute Gasteiger partial charge is 0.261 e. The standard InChI is InChI=1S/C23H25ClFN3O5S/c1-2-3-20(29)27-12-14-28(15-13-27)23(31)22(26-21(30)16-4-8-18(25)9-5-16)34(32,33)19-10-6-17(24)7-11-19/h4-11,22H,2-3,12-15H2,1H3,(H,26,30)/t22-/m0/s1. The van der Waals surface area contributed by atoms with E-state index in [1.807, 2.05) is 6.92 Å². The normalized spacial score (nSPS) is 15.0. The Balaban J connectivity index is 1.86. The van der Waals surface area contributed by atoms with Gasteiger partial charge in [-0.25, -0.2) is 12.8 Å². The number of nitrogens with one attached hydrogen (secondary N) is 1. The lowest BCUT2D eigenvalue weighted by Crippen LogP contribution is -2.57. The van der Waals surface area contributed by atoms with E-state index in [0.717, 1.165) is 12.1 Å². The number of rotatable bonds is 7. The molecule has 0 aromatic heterocycles. The van der Waals surface area contributed by atoms with Crippen molar-refractivity contribution in [3.05, 3.63) is 64.9 Å². The quantitative estimate of drug-likeness (QED) is 0.617. The van der Waals surface area contributed by atoms with Crippen LogP contribution in [0.15, 0.2) is 53.4 Å². The van der Waals surface area contributed by atoms with Crippen LogP contribution in [-0.4, -0.2) is 67.5 Å². The fourth-order valence-electron chi connectivity index (χ4n) is 3.55. The van der Waals surface area contributed by atoms with Crippen LogP contribution in [0.4, 0.5) is 4.39 Å². The van der Waals surface area contributed by atoms with Crippen molar-refractivity contribution < 1.29 is 27.2 Å². The average molecular weight is 510 g/mol. The summed E-state index contributed by atoms with van der Waals surface area (Å²) in [6.07, 6.45) is 1.10. The van der Waals surface area contributed by atoms with Crippen molar-refractivity contribution in [2.24, 2.45) is 0 Å². The van der Waals surface area contributed by atoms with Crippen molar-refractivity contribution in [1.82, 2.24) is 15.1 Å². The Morgan fingerprint density at radius 3 is 2.09 bits per heavy atom. The van der Waals surface area contributed by atoms with Gasteiger partial charge in [0.25, 0.3) is 11.8 Å². The van der Waals surface area contributed by atoms with Gasteiger partial charge in [0.05, 0.1) is 4.90 Å². The molecule has 1 aliphatic heterocycles. The third-order valence-electron chi connectivity index (χ3n) is 5.45. The maximum atomic E-state index is 13.4. The van der Waals surface area contributed by atoms with Crippen LogP contribution in [0.3, 0.4) is 0 Å². The van der Waals surface area contributed by atoms with Gasteiger partial charge in [0.2, 0.25) is 21.1 Å². The fraction of sp³-hybridized carbons (Fsp3) is 0.348. The number of carbonyl (C=O) groups is 3. The van der Waals surface area contributed by atoms with Crippen LogP contribution >= 0.6 is 11.6 Å². The van der Waals surface area contributed by atoms with Gasteiger partial charge in [-0.1, -0.05) is 18.5 Å². The highest BCUT2D eigenvalue weighted by Crippen LogP contribution is 2.20. The molecule has 0 saturated carbocycles. The van der Waals surface area contributed by atoms with Crippen LogP contribution in [0.5, 0.6) is 0 Å². The van der Waals surface area contributed by atoms with E-state index in [0.29, 0.717) is 17.9 Å². The minimum atomic E-state index is -4.35. The molecule has 3 amide bonds. The highest BCUT2D eigenvalue weighted by atomic mass is 35.5. The summed E-state index contributed by atoms with van der Waals surface area (Å²) in [7, 11) is -4.35. The van der Waals surface area contributed by atoms with E-state index in [1.165, 1.54) is 41.3 Å². The van der Waals surface area contributed by atoms with E-state index in [1.54, 1.807) is 4.90 Å². The van der Waals surface area contributed by atoms with E-state index >= 15 is 0 Å². The lowest BCUT2D eigenvalue weighted by molar-refractivity contribution is -0.139. The number of nitrogens with zero attached hydrogens (tertiary/aromatic N) is 2. The Morgan fingerprint density at radius 1 is 0.971 bits per heavy atom. The first kappa shape index (κ1) is 25.6. The summed E-state index contributed by atoms with van der Waals surface area (Å²) >= 11 is 5.86. The minimum absolute atomic E-state index is 0.000452. The summed E-state index contributed by atoms with van der Waals surface area (Å²) in [4.78, 5) is 41.0. The SMILES string of the molecule is CCCC(=O)N1CCN(C(=O)[C@@H](NC(=O)c2ccc(F)cc2)S(=O)(=O)c2ccc(Cl)cc2)CC1. The zero-order valence-electron chi connectivity index (χ0n) is 18.5. The largest absolute Gasteiger partial charge is 0.339 e. The molecule has 0 unspecified atom stereocenters. The summed E-state index contributed by atoms with van der Waals surface area (Å²) in [6.45, 7) is 2.70. The van der Waals surface area contributed by atoms with Crippen molar-refractivity contribution >= 4 is 39.2 Å². The topological polar surface area (TPSA) is 104 Å². The van der Waals surface area contributed by atoms with Gasteiger partial charge in [-0.05, 0) is 55.0 Å². The second-order valence-electron chi connectivity index (χ2n) is 7.82. The molecule has 0 spiro atoms. The van der Waals surface area contributed by atoms with Crippen molar-refractivity contribution in [2.75, 3.05) is 26.2 Å². The van der Waals surface area contributed by atoms with Crippen molar-refractivity contribution in [3.63, 3.8) is 0 Å². The molecule has 3 rings (SSSR count). The second-order valence-corrected chi connectivity index (χ2v) is 10.3. The summed E-state index contributed by atoms with van der Waals surface area (Å²) < 4.78 is 40.0. The lowest BCUT2D eigenvalue weighted by Gasteiger charge is -2.36. The van der Waals surface area contributed by atoms with Crippen LogP contribution in [0.2, 0.25) is 5.02 Å². The number of amides is 3. The number of hydrogen-bond acceptors (Lipinski definition) is 5. The summed E-state index contributed by atoms with van der Waals surface area (Å²) in [5.41, 5.74) is 0.000452. The van der Waals surface area contributed by atoms with Crippen LogP contribution in [0, 0.1) is 5.82 Å². The Labute approximate surface area is 202 Å². The number of hydrogen-bond donors (Lipinski definition) is 1. The Morgan fingerprint density at radius 2 is 1.53 bits per heavy atom. The summed E-state index contributed by atoms with van der Waals surface area (Å²) in [6, 6.07) is 9.76. The second kappa shape index (κ2) is 11.0. The number of halogens is 2. The number of piperazine rings is 1. The third kappa shape index (κ3) is 5.92. The maximum absolute atomic E-state index is 13.4. The van der Waals surface area contributed by atoms with Crippen molar-refractivity contribution in [2.45, 2.75) is 30.0 Å². The molecule has 11 heteroatoms. The molecule has 0 bridgehead atoms. The first-order chi connectivity index (χ1) is 16.1. The zero-order chi connectivity index (χ0) is 24.9. The van der Waals surface area contributed by atoms with Gasteiger partial charge < -0.3 is 15.1 Å². The predicted molar refractivity (Wildman–Crippen MR) is 124 cm³/mol. The van der Waals surface area contributed by atoms with Crippen LogP contribution in [-0.2, 0) is 19.4 Å². The highest BCUT2D eigenvalue weighted by molar-refractivity contribution is 7.92. The van der Waals surface area contributed by atoms with Crippen LogP contribution in [0.25, 0.3) is 0 Å². The Kier molecular flexibility index (Phi) is 8.27. The Bertz CT molecular complexity index is 1150. The highest BCUT2D eigenvalue weighted by Gasteiger charge is 2.39. The average Bonchev–Trinajstić information content (AvgIpc) is 2.83. The van der Waals surface area contributed by atoms with Crippen molar-refractivity contribution in [3.8, 4) is 0 Å².